The Morgan fingerprint density at radius 1 is 1.27 bits per heavy atom. The highest BCUT2D eigenvalue weighted by Crippen LogP contribution is 2.32. The third-order valence-electron chi connectivity index (χ3n) is 3.94. The molecule has 0 saturated carbocycles. The molecule has 26 heavy (non-hydrogen) atoms. The molecule has 0 fully saturated rings. The van der Waals surface area contributed by atoms with Crippen LogP contribution in [0.1, 0.15) is 13.8 Å². The maximum Gasteiger partial charge on any atom is 0.290 e. The number of carboxylic acid groups (broad SMARTS) is 1. The number of anilines is 1. The summed E-state index contributed by atoms with van der Waals surface area (Å²) in [6.45, 7) is 3.85. The van der Waals surface area contributed by atoms with Crippen molar-refractivity contribution in [3.63, 3.8) is 0 Å². The van der Waals surface area contributed by atoms with E-state index in [9.17, 15) is 10.2 Å². The SMILES string of the molecule is CC(C)[C@H](CO)Nc1ncnc2[nH]c(-c3ccccc3O)cc12.O=CO. The number of nitrogens with one attached hydrogen (secondary N) is 2. The minimum atomic E-state index is -0.250. The van der Waals surface area contributed by atoms with Crippen LogP contribution >= 0.6 is 0 Å². The smallest absolute Gasteiger partial charge is 0.290 e. The molecule has 8 nitrogen and oxygen atoms in total. The lowest BCUT2D eigenvalue weighted by Crippen LogP contribution is -2.29. The van der Waals surface area contributed by atoms with Gasteiger partial charge in [-0.2, -0.15) is 0 Å². The van der Waals surface area contributed by atoms with Gasteiger partial charge in [-0.1, -0.05) is 26.0 Å². The first-order valence-electron chi connectivity index (χ1n) is 8.09. The van der Waals surface area contributed by atoms with Gasteiger partial charge in [0.25, 0.3) is 6.47 Å². The van der Waals surface area contributed by atoms with Gasteiger partial charge >= 0.3 is 0 Å². The number of phenols is 1. The highest BCUT2D eigenvalue weighted by atomic mass is 16.3. The largest absolute Gasteiger partial charge is 0.507 e. The Bertz CT molecular complexity index is 863. The summed E-state index contributed by atoms with van der Waals surface area (Å²) in [5, 5.41) is 30.5. The van der Waals surface area contributed by atoms with E-state index in [0.717, 1.165) is 11.1 Å². The molecule has 1 aromatic carbocycles. The zero-order valence-electron chi connectivity index (χ0n) is 14.5. The summed E-state index contributed by atoms with van der Waals surface area (Å²) in [7, 11) is 0. The molecule has 3 rings (SSSR count). The van der Waals surface area contributed by atoms with Crippen LogP contribution < -0.4 is 5.32 Å². The predicted molar refractivity (Wildman–Crippen MR) is 99.0 cm³/mol. The number of benzene rings is 1. The minimum Gasteiger partial charge on any atom is -0.507 e. The molecular weight excluding hydrogens is 336 g/mol. The third-order valence-corrected chi connectivity index (χ3v) is 3.94. The van der Waals surface area contributed by atoms with E-state index in [0.29, 0.717) is 17.0 Å². The quantitative estimate of drug-likeness (QED) is 0.443. The van der Waals surface area contributed by atoms with Crippen LogP contribution in [-0.2, 0) is 4.79 Å². The maximum atomic E-state index is 10.0. The maximum absolute atomic E-state index is 10.0. The summed E-state index contributed by atoms with van der Waals surface area (Å²) in [5.41, 5.74) is 2.16. The minimum absolute atomic E-state index is 0.0277. The molecule has 0 spiro atoms. The molecule has 138 valence electrons. The van der Waals surface area contributed by atoms with Gasteiger partial charge in [0.15, 0.2) is 0 Å². The molecule has 0 aliphatic carbocycles. The van der Waals surface area contributed by atoms with E-state index in [1.54, 1.807) is 12.1 Å². The lowest BCUT2D eigenvalue weighted by atomic mass is 10.1. The first kappa shape index (κ1) is 19.2. The molecule has 0 aliphatic heterocycles. The molecule has 0 bridgehead atoms. The molecule has 8 heteroatoms. The number of rotatable bonds is 5. The molecule has 2 heterocycles. The van der Waals surface area contributed by atoms with Crippen molar-refractivity contribution < 1.29 is 20.1 Å². The molecule has 0 radical (unpaired) electrons. The Kier molecular flexibility index (Phi) is 6.51. The number of aliphatic hydroxyl groups is 1. The van der Waals surface area contributed by atoms with Crippen molar-refractivity contribution in [2.24, 2.45) is 5.92 Å². The molecule has 0 aliphatic rings. The number of para-hydroxylation sites is 1. The van der Waals surface area contributed by atoms with Gasteiger partial charge in [-0.15, -0.1) is 0 Å². The van der Waals surface area contributed by atoms with E-state index >= 15 is 0 Å². The Morgan fingerprint density at radius 3 is 2.58 bits per heavy atom. The molecule has 0 amide bonds. The van der Waals surface area contributed by atoms with E-state index in [2.05, 4.69) is 20.3 Å². The van der Waals surface area contributed by atoms with Crippen LogP contribution in [0, 0.1) is 5.92 Å². The van der Waals surface area contributed by atoms with Gasteiger partial charge in [-0.25, -0.2) is 9.97 Å². The predicted octanol–water partition coefficient (Wildman–Crippen LogP) is 2.46. The second kappa shape index (κ2) is 8.82. The Labute approximate surface area is 150 Å². The molecular formula is C18H22N4O4. The van der Waals surface area contributed by atoms with Crippen molar-refractivity contribution in [1.29, 1.82) is 0 Å². The highest BCUT2D eigenvalue weighted by molar-refractivity contribution is 5.92. The highest BCUT2D eigenvalue weighted by Gasteiger charge is 2.16. The molecule has 0 unspecified atom stereocenters. The van der Waals surface area contributed by atoms with Gasteiger partial charge in [0.1, 0.15) is 23.5 Å². The summed E-state index contributed by atoms with van der Waals surface area (Å²) >= 11 is 0. The van der Waals surface area contributed by atoms with Crippen molar-refractivity contribution >= 4 is 23.3 Å². The van der Waals surface area contributed by atoms with E-state index in [4.69, 9.17) is 9.90 Å². The number of aromatic hydroxyl groups is 1. The molecule has 3 aromatic rings. The number of hydrogen-bond acceptors (Lipinski definition) is 6. The number of phenolic OH excluding ortho intramolecular Hbond substituents is 1. The van der Waals surface area contributed by atoms with Gasteiger partial charge in [0.05, 0.1) is 23.7 Å². The third kappa shape index (κ3) is 4.28. The Morgan fingerprint density at radius 2 is 1.96 bits per heavy atom. The zero-order valence-corrected chi connectivity index (χ0v) is 14.5. The Hall–Kier alpha value is -3.13. The van der Waals surface area contributed by atoms with Crippen molar-refractivity contribution in [3.8, 4) is 17.0 Å². The molecule has 2 aromatic heterocycles. The number of aromatic amines is 1. The topological polar surface area (TPSA) is 131 Å². The monoisotopic (exact) mass is 358 g/mol. The van der Waals surface area contributed by atoms with Gasteiger partial charge in [-0.05, 0) is 24.1 Å². The van der Waals surface area contributed by atoms with E-state index in [-0.39, 0.29) is 30.8 Å². The molecule has 1 atom stereocenters. The van der Waals surface area contributed by atoms with Crippen molar-refractivity contribution in [1.82, 2.24) is 15.0 Å². The summed E-state index contributed by atoms with van der Waals surface area (Å²) in [5.74, 6) is 1.14. The zero-order chi connectivity index (χ0) is 19.1. The average molecular weight is 358 g/mol. The standard InChI is InChI=1S/C17H20N4O2.CH2O2/c1-10(2)14(8-22)21-17-12-7-13(20-16(12)18-9-19-17)11-5-3-4-6-15(11)23;2-1-3/h3-7,9-10,14,22-23H,8H2,1-2H3,(H2,18,19,20,21);1H,(H,2,3)/t14-;/m0./s1. The number of nitrogens with zero attached hydrogens (tertiary/aromatic N) is 2. The first-order valence-corrected chi connectivity index (χ1v) is 8.09. The van der Waals surface area contributed by atoms with Crippen LogP contribution in [0.25, 0.3) is 22.3 Å². The molecule has 5 N–H and O–H groups in total. The van der Waals surface area contributed by atoms with Gasteiger partial charge in [-0.3, -0.25) is 4.79 Å². The van der Waals surface area contributed by atoms with Crippen LogP contribution in [0.4, 0.5) is 5.82 Å². The number of H-pyrrole nitrogens is 1. The van der Waals surface area contributed by atoms with Crippen LogP contribution in [0.2, 0.25) is 0 Å². The second-order valence-electron chi connectivity index (χ2n) is 5.97. The van der Waals surface area contributed by atoms with Crippen LogP contribution in [0.5, 0.6) is 5.75 Å². The fourth-order valence-corrected chi connectivity index (χ4v) is 2.50. The number of fused-ring (bicyclic) bond motifs is 1. The fraction of sp³-hybridized carbons (Fsp3) is 0.278. The van der Waals surface area contributed by atoms with Gasteiger partial charge < -0.3 is 25.6 Å². The second-order valence-corrected chi connectivity index (χ2v) is 5.97. The summed E-state index contributed by atoms with van der Waals surface area (Å²) in [4.78, 5) is 20.1. The van der Waals surface area contributed by atoms with E-state index < -0.39 is 0 Å². The normalized spacial score (nSPS) is 11.7. The Balaban J connectivity index is 0.000000758. The lowest BCUT2D eigenvalue weighted by Gasteiger charge is -2.20. The van der Waals surface area contributed by atoms with Crippen LogP contribution in [0.15, 0.2) is 36.7 Å². The summed E-state index contributed by atoms with van der Waals surface area (Å²) in [6.07, 6.45) is 1.48. The van der Waals surface area contributed by atoms with Crippen molar-refractivity contribution in [3.05, 3.63) is 36.7 Å². The number of aromatic nitrogens is 3. The number of carbonyl (C=O) groups is 1. The van der Waals surface area contributed by atoms with Crippen LogP contribution in [0.3, 0.4) is 0 Å². The van der Waals surface area contributed by atoms with Crippen molar-refractivity contribution in [2.75, 3.05) is 11.9 Å². The average Bonchev–Trinajstić information content (AvgIpc) is 3.05. The van der Waals surface area contributed by atoms with E-state index in [1.807, 2.05) is 32.0 Å². The summed E-state index contributed by atoms with van der Waals surface area (Å²) in [6, 6.07) is 8.95. The van der Waals surface area contributed by atoms with Gasteiger partial charge in [0, 0.05) is 5.56 Å². The molecule has 0 saturated heterocycles. The first-order chi connectivity index (χ1) is 12.5. The van der Waals surface area contributed by atoms with Crippen molar-refractivity contribution in [2.45, 2.75) is 19.9 Å². The number of hydrogen-bond donors (Lipinski definition) is 5. The number of aliphatic hydroxyl groups excluding tert-OH is 1. The van der Waals surface area contributed by atoms with Gasteiger partial charge in [0.2, 0.25) is 0 Å². The fourth-order valence-electron chi connectivity index (χ4n) is 2.50. The lowest BCUT2D eigenvalue weighted by molar-refractivity contribution is -0.122. The summed E-state index contributed by atoms with van der Waals surface area (Å²) < 4.78 is 0. The van der Waals surface area contributed by atoms with Crippen LogP contribution in [-0.4, -0.2) is 49.4 Å². The van der Waals surface area contributed by atoms with E-state index in [1.165, 1.54) is 6.33 Å².